The highest BCUT2D eigenvalue weighted by molar-refractivity contribution is 7.91. The zero-order valence-corrected chi connectivity index (χ0v) is 15.6. The number of sulfone groups is 1. The highest BCUT2D eigenvalue weighted by atomic mass is 35.5. The first-order chi connectivity index (χ1) is 11.3. The maximum atomic E-state index is 12.1. The number of carbonyl (C=O) groups excluding carboxylic acids is 1. The number of nitrogens with one attached hydrogen (secondary N) is 1. The van der Waals surface area contributed by atoms with Gasteiger partial charge in [0.05, 0.1) is 22.2 Å². The molecule has 0 radical (unpaired) electrons. The average molecular weight is 405 g/mol. The van der Waals surface area contributed by atoms with Crippen molar-refractivity contribution in [3.05, 3.63) is 33.6 Å². The fourth-order valence-electron chi connectivity index (χ4n) is 2.62. The Bertz CT molecular complexity index is 881. The molecule has 2 aromatic rings. The van der Waals surface area contributed by atoms with Crippen LogP contribution in [-0.2, 0) is 14.6 Å². The first kappa shape index (κ1) is 17.7. The number of aromatic nitrogens is 1. The van der Waals surface area contributed by atoms with E-state index in [0.29, 0.717) is 27.3 Å². The highest BCUT2D eigenvalue weighted by Gasteiger charge is 2.29. The molecule has 1 aromatic carbocycles. The van der Waals surface area contributed by atoms with Crippen LogP contribution in [0, 0.1) is 5.92 Å². The molecule has 1 aliphatic heterocycles. The monoisotopic (exact) mass is 404 g/mol. The standard InChI is InChI=1S/C15H14Cl2N2O3S2/c16-10-1-2-11(12(17)6-10)13-7-23-15(18-13)19-14(20)5-9-3-4-24(21,22)8-9/h1-2,6-7,9H,3-5,8H2,(H,18,19,20)/t9-/m0/s1. The Morgan fingerprint density at radius 2 is 2.17 bits per heavy atom. The van der Waals surface area contributed by atoms with E-state index in [4.69, 9.17) is 23.2 Å². The molecule has 0 saturated carbocycles. The van der Waals surface area contributed by atoms with E-state index in [9.17, 15) is 13.2 Å². The Kier molecular flexibility index (Phi) is 5.15. The molecule has 1 aliphatic rings. The smallest absolute Gasteiger partial charge is 0.226 e. The summed E-state index contributed by atoms with van der Waals surface area (Å²) in [5.74, 6) is -0.0777. The molecule has 9 heteroatoms. The summed E-state index contributed by atoms with van der Waals surface area (Å²) in [6, 6.07) is 5.13. The van der Waals surface area contributed by atoms with Gasteiger partial charge < -0.3 is 5.32 Å². The van der Waals surface area contributed by atoms with Crippen molar-refractivity contribution in [2.45, 2.75) is 12.8 Å². The first-order valence-electron chi connectivity index (χ1n) is 7.23. The van der Waals surface area contributed by atoms with E-state index in [1.54, 1.807) is 23.6 Å². The number of amides is 1. The lowest BCUT2D eigenvalue weighted by molar-refractivity contribution is -0.116. The van der Waals surface area contributed by atoms with Gasteiger partial charge in [-0.3, -0.25) is 4.79 Å². The van der Waals surface area contributed by atoms with Gasteiger partial charge in [-0.2, -0.15) is 0 Å². The van der Waals surface area contributed by atoms with Crippen LogP contribution in [0.25, 0.3) is 11.3 Å². The van der Waals surface area contributed by atoms with Crippen molar-refractivity contribution in [3.8, 4) is 11.3 Å². The topological polar surface area (TPSA) is 76.1 Å². The van der Waals surface area contributed by atoms with Gasteiger partial charge in [-0.1, -0.05) is 23.2 Å². The van der Waals surface area contributed by atoms with Crippen molar-refractivity contribution in [1.82, 2.24) is 4.98 Å². The number of anilines is 1. The van der Waals surface area contributed by atoms with Crippen LogP contribution in [0.3, 0.4) is 0 Å². The predicted octanol–water partition coefficient (Wildman–Crippen LogP) is 3.88. The minimum atomic E-state index is -2.97. The molecule has 0 spiro atoms. The van der Waals surface area contributed by atoms with Crippen LogP contribution in [0.5, 0.6) is 0 Å². The van der Waals surface area contributed by atoms with Crippen LogP contribution in [0.1, 0.15) is 12.8 Å². The maximum absolute atomic E-state index is 12.1. The molecular formula is C15H14Cl2N2O3S2. The zero-order valence-electron chi connectivity index (χ0n) is 12.5. The van der Waals surface area contributed by atoms with Crippen LogP contribution in [-0.4, -0.2) is 30.8 Å². The summed E-state index contributed by atoms with van der Waals surface area (Å²) in [6.07, 6.45) is 0.731. The quantitative estimate of drug-likeness (QED) is 0.838. The second kappa shape index (κ2) is 7.00. The van der Waals surface area contributed by atoms with E-state index in [0.717, 1.165) is 5.56 Å². The molecule has 1 N–H and O–H groups in total. The van der Waals surface area contributed by atoms with Gasteiger partial charge >= 0.3 is 0 Å². The third-order valence-corrected chi connectivity index (χ3v) is 6.90. The SMILES string of the molecule is O=C(C[C@@H]1CCS(=O)(=O)C1)Nc1nc(-c2ccc(Cl)cc2Cl)cs1. The van der Waals surface area contributed by atoms with Gasteiger partial charge in [-0.05, 0) is 30.5 Å². The predicted molar refractivity (Wildman–Crippen MR) is 97.6 cm³/mol. The second-order valence-corrected chi connectivity index (χ2v) is 9.61. The van der Waals surface area contributed by atoms with Crippen molar-refractivity contribution in [1.29, 1.82) is 0 Å². The third-order valence-electron chi connectivity index (χ3n) is 3.76. The minimum Gasteiger partial charge on any atom is -0.302 e. The van der Waals surface area contributed by atoms with E-state index < -0.39 is 9.84 Å². The van der Waals surface area contributed by atoms with Crippen molar-refractivity contribution < 1.29 is 13.2 Å². The lowest BCUT2D eigenvalue weighted by Gasteiger charge is -2.06. The third kappa shape index (κ3) is 4.27. The van der Waals surface area contributed by atoms with E-state index in [2.05, 4.69) is 10.3 Å². The van der Waals surface area contributed by atoms with E-state index >= 15 is 0 Å². The van der Waals surface area contributed by atoms with Crippen molar-refractivity contribution in [2.24, 2.45) is 5.92 Å². The number of benzene rings is 1. The molecule has 1 atom stereocenters. The maximum Gasteiger partial charge on any atom is 0.226 e. The normalized spacial score (nSPS) is 19.3. The molecule has 5 nitrogen and oxygen atoms in total. The summed E-state index contributed by atoms with van der Waals surface area (Å²) in [7, 11) is -2.97. The number of halogens is 2. The summed E-state index contributed by atoms with van der Waals surface area (Å²) in [6.45, 7) is 0. The van der Waals surface area contributed by atoms with Crippen LogP contribution < -0.4 is 5.32 Å². The Labute approximate surface area is 153 Å². The molecule has 0 aliphatic carbocycles. The lowest BCUT2D eigenvalue weighted by Crippen LogP contribution is -2.17. The van der Waals surface area contributed by atoms with Crippen molar-refractivity contribution in [2.75, 3.05) is 16.8 Å². The highest BCUT2D eigenvalue weighted by Crippen LogP contribution is 2.32. The zero-order chi connectivity index (χ0) is 17.3. The second-order valence-electron chi connectivity index (χ2n) is 5.68. The summed E-state index contributed by atoms with van der Waals surface area (Å²) < 4.78 is 22.9. The number of hydrogen-bond donors (Lipinski definition) is 1. The summed E-state index contributed by atoms with van der Waals surface area (Å²) in [5, 5.41) is 6.01. The summed E-state index contributed by atoms with van der Waals surface area (Å²) >= 11 is 13.3. The lowest BCUT2D eigenvalue weighted by atomic mass is 10.1. The van der Waals surface area contributed by atoms with Gasteiger partial charge in [0, 0.05) is 22.4 Å². The molecule has 1 amide bonds. The Morgan fingerprint density at radius 1 is 1.38 bits per heavy atom. The van der Waals surface area contributed by atoms with Gasteiger partial charge in [0.15, 0.2) is 15.0 Å². The molecule has 2 heterocycles. The molecule has 3 rings (SSSR count). The number of rotatable bonds is 4. The minimum absolute atomic E-state index is 0.0872. The van der Waals surface area contributed by atoms with Gasteiger partial charge in [-0.15, -0.1) is 11.3 Å². The number of hydrogen-bond acceptors (Lipinski definition) is 5. The number of nitrogens with zero attached hydrogens (tertiary/aromatic N) is 1. The Hall–Kier alpha value is -1.15. The van der Waals surface area contributed by atoms with Crippen LogP contribution in [0.4, 0.5) is 5.13 Å². The first-order valence-corrected chi connectivity index (χ1v) is 10.7. The molecule has 1 saturated heterocycles. The summed E-state index contributed by atoms with van der Waals surface area (Å²) in [4.78, 5) is 16.4. The molecule has 128 valence electrons. The van der Waals surface area contributed by atoms with Crippen LogP contribution in [0.15, 0.2) is 23.6 Å². The molecular weight excluding hydrogens is 391 g/mol. The van der Waals surface area contributed by atoms with E-state index in [-0.39, 0.29) is 29.8 Å². The van der Waals surface area contributed by atoms with Gasteiger partial charge in [0.2, 0.25) is 5.91 Å². The van der Waals surface area contributed by atoms with Gasteiger partial charge in [0.25, 0.3) is 0 Å². The number of carbonyl (C=O) groups is 1. The van der Waals surface area contributed by atoms with Gasteiger partial charge in [0.1, 0.15) is 0 Å². The molecule has 1 aromatic heterocycles. The Morgan fingerprint density at radius 3 is 2.83 bits per heavy atom. The number of thiazole rings is 1. The Balaban J connectivity index is 1.64. The molecule has 1 fully saturated rings. The fourth-order valence-corrected chi connectivity index (χ4v) is 5.71. The molecule has 0 unspecified atom stereocenters. The molecule has 24 heavy (non-hydrogen) atoms. The average Bonchev–Trinajstić information content (AvgIpc) is 3.05. The van der Waals surface area contributed by atoms with Gasteiger partial charge in [-0.25, -0.2) is 13.4 Å². The van der Waals surface area contributed by atoms with Crippen molar-refractivity contribution in [3.63, 3.8) is 0 Å². The van der Waals surface area contributed by atoms with E-state index in [1.165, 1.54) is 11.3 Å². The molecule has 0 bridgehead atoms. The summed E-state index contributed by atoms with van der Waals surface area (Å²) in [5.41, 5.74) is 1.39. The van der Waals surface area contributed by atoms with Crippen LogP contribution >= 0.6 is 34.5 Å². The van der Waals surface area contributed by atoms with Crippen molar-refractivity contribution >= 4 is 55.4 Å². The van der Waals surface area contributed by atoms with E-state index in [1.807, 2.05) is 0 Å². The van der Waals surface area contributed by atoms with Crippen LogP contribution in [0.2, 0.25) is 10.0 Å². The fraction of sp³-hybridized carbons (Fsp3) is 0.333. The largest absolute Gasteiger partial charge is 0.302 e.